The van der Waals surface area contributed by atoms with Gasteiger partial charge >= 0.3 is 0 Å². The van der Waals surface area contributed by atoms with E-state index in [2.05, 4.69) is 36.3 Å². The fourth-order valence-electron chi connectivity index (χ4n) is 2.35. The quantitative estimate of drug-likeness (QED) is 0.847. The highest BCUT2D eigenvalue weighted by Gasteiger charge is 2.24. The molecule has 19 heavy (non-hydrogen) atoms. The van der Waals surface area contributed by atoms with Crippen molar-refractivity contribution >= 4 is 0 Å². The summed E-state index contributed by atoms with van der Waals surface area (Å²) < 4.78 is 11.3. The van der Waals surface area contributed by atoms with Crippen LogP contribution in [0.15, 0.2) is 18.3 Å². The molecule has 1 aliphatic heterocycles. The summed E-state index contributed by atoms with van der Waals surface area (Å²) in [6, 6.07) is 4.54. The normalized spacial score (nSPS) is 21.3. The van der Waals surface area contributed by atoms with Gasteiger partial charge in [0.2, 0.25) is 0 Å². The van der Waals surface area contributed by atoms with Gasteiger partial charge < -0.3 is 14.8 Å². The van der Waals surface area contributed by atoms with Crippen LogP contribution in [0, 0.1) is 0 Å². The molecule has 0 saturated carbocycles. The van der Waals surface area contributed by atoms with Crippen LogP contribution in [-0.2, 0) is 22.3 Å². The summed E-state index contributed by atoms with van der Waals surface area (Å²) >= 11 is 0. The van der Waals surface area contributed by atoms with Crippen molar-refractivity contribution in [2.75, 3.05) is 26.4 Å². The molecule has 4 nitrogen and oxygen atoms in total. The summed E-state index contributed by atoms with van der Waals surface area (Å²) in [5, 5.41) is 3.48. The Kier molecular flexibility index (Phi) is 5.76. The molecular weight excluding hydrogens is 240 g/mol. The Hall–Kier alpha value is -0.970. The predicted octanol–water partition coefficient (Wildman–Crippen LogP) is 1.58. The van der Waals surface area contributed by atoms with Gasteiger partial charge in [0.1, 0.15) is 0 Å². The Morgan fingerprint density at radius 1 is 1.37 bits per heavy atom. The van der Waals surface area contributed by atoms with Crippen LogP contribution in [0.4, 0.5) is 0 Å². The first-order valence-electron chi connectivity index (χ1n) is 7.20. The van der Waals surface area contributed by atoms with E-state index in [9.17, 15) is 0 Å². The Labute approximate surface area is 115 Å². The molecule has 1 fully saturated rings. The van der Waals surface area contributed by atoms with Crippen LogP contribution < -0.4 is 5.32 Å². The number of aryl methyl sites for hydroxylation is 1. The maximum atomic E-state index is 5.79. The van der Waals surface area contributed by atoms with E-state index in [-0.39, 0.29) is 12.1 Å². The van der Waals surface area contributed by atoms with Crippen LogP contribution in [-0.4, -0.2) is 43.5 Å². The van der Waals surface area contributed by atoms with Crippen molar-refractivity contribution in [2.24, 2.45) is 0 Å². The second kappa shape index (κ2) is 7.58. The number of aromatic nitrogens is 1. The Balaban J connectivity index is 1.97. The van der Waals surface area contributed by atoms with Crippen LogP contribution in [0.2, 0.25) is 0 Å². The third-order valence-corrected chi connectivity index (χ3v) is 3.48. The van der Waals surface area contributed by atoms with E-state index in [1.807, 2.05) is 6.20 Å². The van der Waals surface area contributed by atoms with Crippen LogP contribution in [0.25, 0.3) is 0 Å². The maximum absolute atomic E-state index is 5.79. The first-order valence-corrected chi connectivity index (χ1v) is 7.20. The van der Waals surface area contributed by atoms with Crippen molar-refractivity contribution in [1.82, 2.24) is 10.3 Å². The average Bonchev–Trinajstić information content (AvgIpc) is 2.48. The highest BCUT2D eigenvalue weighted by molar-refractivity contribution is 5.15. The largest absolute Gasteiger partial charge is 0.376 e. The number of nitrogens with zero attached hydrogens (tertiary/aromatic N) is 1. The van der Waals surface area contributed by atoms with Gasteiger partial charge in [-0.1, -0.05) is 19.9 Å². The van der Waals surface area contributed by atoms with Crippen molar-refractivity contribution in [3.63, 3.8) is 0 Å². The van der Waals surface area contributed by atoms with Crippen molar-refractivity contribution in [3.8, 4) is 0 Å². The van der Waals surface area contributed by atoms with Crippen LogP contribution >= 0.6 is 0 Å². The highest BCUT2D eigenvalue weighted by Crippen LogP contribution is 2.11. The first kappa shape index (κ1) is 14.4. The molecule has 0 aromatic carbocycles. The van der Waals surface area contributed by atoms with E-state index < -0.39 is 0 Å². The molecule has 1 aromatic rings. The summed E-state index contributed by atoms with van der Waals surface area (Å²) in [5.41, 5.74) is 2.39. The average molecular weight is 264 g/mol. The van der Waals surface area contributed by atoms with Gasteiger partial charge in [-0.15, -0.1) is 0 Å². The molecular formula is C15H24N2O2. The van der Waals surface area contributed by atoms with Gasteiger partial charge in [-0.05, 0) is 24.6 Å². The number of rotatable bonds is 6. The third kappa shape index (κ3) is 4.27. The van der Waals surface area contributed by atoms with Crippen molar-refractivity contribution in [2.45, 2.75) is 38.8 Å². The van der Waals surface area contributed by atoms with Gasteiger partial charge in [-0.25, -0.2) is 0 Å². The monoisotopic (exact) mass is 264 g/mol. The first-order chi connectivity index (χ1) is 9.33. The van der Waals surface area contributed by atoms with Crippen molar-refractivity contribution in [3.05, 3.63) is 29.6 Å². The molecule has 1 aromatic heterocycles. The number of pyridine rings is 1. The molecule has 1 saturated heterocycles. The molecule has 2 heterocycles. The molecule has 0 spiro atoms. The fourth-order valence-corrected chi connectivity index (χ4v) is 2.35. The second-order valence-corrected chi connectivity index (χ2v) is 4.86. The number of ether oxygens (including phenoxy) is 2. The zero-order valence-corrected chi connectivity index (χ0v) is 11.9. The van der Waals surface area contributed by atoms with Gasteiger partial charge in [0, 0.05) is 24.4 Å². The molecule has 0 amide bonds. The smallest absolute Gasteiger partial charge is 0.0965 e. The number of nitrogens with one attached hydrogen (secondary N) is 1. The fraction of sp³-hybridized carbons (Fsp3) is 0.667. The SMILES string of the molecule is CCNC(Cc1ccc(CC)cn1)C1COCCO1. The van der Waals surface area contributed by atoms with E-state index in [0.717, 1.165) is 25.1 Å². The molecule has 0 radical (unpaired) electrons. The number of hydrogen-bond acceptors (Lipinski definition) is 4. The minimum atomic E-state index is 0.126. The van der Waals surface area contributed by atoms with E-state index >= 15 is 0 Å². The lowest BCUT2D eigenvalue weighted by Gasteiger charge is -2.30. The Morgan fingerprint density at radius 2 is 2.26 bits per heavy atom. The highest BCUT2D eigenvalue weighted by atomic mass is 16.6. The van der Waals surface area contributed by atoms with Gasteiger partial charge in [0.05, 0.1) is 25.9 Å². The zero-order chi connectivity index (χ0) is 13.5. The van der Waals surface area contributed by atoms with E-state index in [1.54, 1.807) is 0 Å². The number of likely N-dealkylation sites (N-methyl/N-ethyl adjacent to an activating group) is 1. The second-order valence-electron chi connectivity index (χ2n) is 4.86. The van der Waals surface area contributed by atoms with Crippen LogP contribution in [0.3, 0.4) is 0 Å². The summed E-state index contributed by atoms with van der Waals surface area (Å²) in [5.74, 6) is 0. The summed E-state index contributed by atoms with van der Waals surface area (Å²) in [4.78, 5) is 4.53. The van der Waals surface area contributed by atoms with E-state index in [1.165, 1.54) is 5.56 Å². The Bertz CT molecular complexity index is 361. The predicted molar refractivity (Wildman–Crippen MR) is 75.3 cm³/mol. The molecule has 2 unspecified atom stereocenters. The summed E-state index contributed by atoms with van der Waals surface area (Å²) in [6.45, 7) is 7.26. The van der Waals surface area contributed by atoms with Gasteiger partial charge in [0.15, 0.2) is 0 Å². The Morgan fingerprint density at radius 3 is 2.84 bits per heavy atom. The minimum absolute atomic E-state index is 0.126. The third-order valence-electron chi connectivity index (χ3n) is 3.48. The van der Waals surface area contributed by atoms with Gasteiger partial charge in [-0.3, -0.25) is 4.98 Å². The van der Waals surface area contributed by atoms with Gasteiger partial charge in [0.25, 0.3) is 0 Å². The molecule has 0 aliphatic carbocycles. The zero-order valence-electron chi connectivity index (χ0n) is 11.9. The summed E-state index contributed by atoms with van der Waals surface area (Å²) in [7, 11) is 0. The molecule has 2 rings (SSSR count). The lowest BCUT2D eigenvalue weighted by atomic mass is 10.0. The standard InChI is InChI=1S/C15H24N2O2/c1-3-12-5-6-13(17-10-12)9-14(16-4-2)15-11-18-7-8-19-15/h5-6,10,14-16H,3-4,7-9,11H2,1-2H3. The van der Waals surface area contributed by atoms with Crippen molar-refractivity contribution in [1.29, 1.82) is 0 Å². The number of hydrogen-bond donors (Lipinski definition) is 1. The van der Waals surface area contributed by atoms with E-state index in [0.29, 0.717) is 19.8 Å². The van der Waals surface area contributed by atoms with E-state index in [4.69, 9.17) is 9.47 Å². The minimum Gasteiger partial charge on any atom is -0.376 e. The lowest BCUT2D eigenvalue weighted by Crippen LogP contribution is -2.48. The molecule has 0 bridgehead atoms. The topological polar surface area (TPSA) is 43.4 Å². The molecule has 106 valence electrons. The van der Waals surface area contributed by atoms with Crippen LogP contribution in [0.1, 0.15) is 25.1 Å². The molecule has 4 heteroatoms. The maximum Gasteiger partial charge on any atom is 0.0965 e. The molecule has 1 aliphatic rings. The molecule has 1 N–H and O–H groups in total. The van der Waals surface area contributed by atoms with Crippen molar-refractivity contribution < 1.29 is 9.47 Å². The summed E-state index contributed by atoms with van der Waals surface area (Å²) in [6.07, 6.45) is 4.01. The molecule has 2 atom stereocenters. The van der Waals surface area contributed by atoms with Crippen LogP contribution in [0.5, 0.6) is 0 Å². The lowest BCUT2D eigenvalue weighted by molar-refractivity contribution is -0.101. The van der Waals surface area contributed by atoms with Gasteiger partial charge in [-0.2, -0.15) is 0 Å².